The van der Waals surface area contributed by atoms with Crippen LogP contribution in [0, 0.1) is 6.92 Å². The zero-order chi connectivity index (χ0) is 37.8. The van der Waals surface area contributed by atoms with Crippen molar-refractivity contribution >= 4 is 33.5 Å². The van der Waals surface area contributed by atoms with Crippen LogP contribution in [0.3, 0.4) is 0 Å². The maximum Gasteiger partial charge on any atom is 0.215 e. The predicted molar refractivity (Wildman–Crippen MR) is 218 cm³/mol. The molecule has 0 saturated heterocycles. The van der Waals surface area contributed by atoms with Crippen LogP contribution < -0.4 is 9.47 Å². The van der Waals surface area contributed by atoms with E-state index in [1.807, 2.05) is 122 Å². The summed E-state index contributed by atoms with van der Waals surface area (Å²) in [5.74, 6) is 3.09. The number of aryl methyl sites for hydroxylation is 1. The monoisotopic (exact) mass is 731 g/mol. The first-order valence-electron chi connectivity index (χ1n) is 18.1. The zero-order valence-electron chi connectivity index (χ0n) is 30.7. The van der Waals surface area contributed by atoms with E-state index in [0.29, 0.717) is 34.7 Å². The Balaban J connectivity index is 1.32. The van der Waals surface area contributed by atoms with E-state index in [1.54, 1.807) is 14.2 Å². The second kappa shape index (κ2) is 13.3. The molecule has 10 rings (SSSR count). The molecule has 0 saturated carbocycles. The summed E-state index contributed by atoms with van der Waals surface area (Å²) < 4.78 is 17.4. The van der Waals surface area contributed by atoms with E-state index in [1.165, 1.54) is 0 Å². The van der Waals surface area contributed by atoms with Gasteiger partial charge in [0.15, 0.2) is 16.9 Å². The van der Waals surface area contributed by atoms with Crippen molar-refractivity contribution in [3.8, 4) is 63.0 Å². The van der Waals surface area contributed by atoms with Crippen LogP contribution >= 0.6 is 0 Å². The summed E-state index contributed by atoms with van der Waals surface area (Å²) >= 11 is 0. The molecule has 0 fully saturated rings. The highest BCUT2D eigenvalue weighted by Crippen LogP contribution is 2.38. The molecule has 270 valence electrons. The van der Waals surface area contributed by atoms with Gasteiger partial charge in [0.1, 0.15) is 34.0 Å². The van der Waals surface area contributed by atoms with Crippen molar-refractivity contribution in [2.24, 2.45) is 0 Å². The maximum atomic E-state index is 5.58. The van der Waals surface area contributed by atoms with Crippen LogP contribution in [0.15, 0.2) is 146 Å². The van der Waals surface area contributed by atoms with E-state index in [9.17, 15) is 0 Å². The van der Waals surface area contributed by atoms with Gasteiger partial charge in [-0.05, 0) is 85.8 Å². The fraction of sp³-hybridized carbons (Fsp3) is 0.0667. The lowest BCUT2D eigenvalue weighted by atomic mass is 10.0. The molecule has 6 aromatic heterocycles. The van der Waals surface area contributed by atoms with Gasteiger partial charge in [-0.1, -0.05) is 54.6 Å². The van der Waals surface area contributed by atoms with E-state index in [2.05, 4.69) is 44.0 Å². The first-order valence-corrected chi connectivity index (χ1v) is 18.1. The number of benzene rings is 4. The van der Waals surface area contributed by atoms with Crippen LogP contribution in [0.4, 0.5) is 0 Å². The Morgan fingerprint density at radius 1 is 0.375 bits per heavy atom. The third-order valence-electron chi connectivity index (χ3n) is 9.77. The quantitative estimate of drug-likeness (QED) is 0.152. The standard InChI is InChI=1S/C45H33N9O2/c1-28-19-20-35-43(46-28)52(32-13-7-4-8-14-32)40(47-35)29-25-30(41-48-36-21-23-38(55-2)50-44(36)53(41)33-15-9-5-10-16-33)27-31(26-29)42-49-37-22-24-39(56-3)51-45(37)54(42)34-17-11-6-12-18-34/h4-27H,1-3H3. The molecule has 0 aliphatic carbocycles. The Labute approximate surface area is 321 Å². The van der Waals surface area contributed by atoms with Crippen molar-refractivity contribution in [2.45, 2.75) is 6.92 Å². The smallest absolute Gasteiger partial charge is 0.215 e. The van der Waals surface area contributed by atoms with E-state index in [-0.39, 0.29) is 0 Å². The summed E-state index contributed by atoms with van der Waals surface area (Å²) in [5, 5.41) is 0. The average Bonchev–Trinajstić information content (AvgIpc) is 3.95. The molecular formula is C45H33N9O2. The van der Waals surface area contributed by atoms with Gasteiger partial charge in [0, 0.05) is 51.6 Å². The second-order valence-electron chi connectivity index (χ2n) is 13.3. The van der Waals surface area contributed by atoms with Crippen LogP contribution in [-0.2, 0) is 0 Å². The Kier molecular flexibility index (Phi) is 7.84. The van der Waals surface area contributed by atoms with Crippen LogP contribution in [0.5, 0.6) is 11.8 Å². The third-order valence-corrected chi connectivity index (χ3v) is 9.77. The first-order chi connectivity index (χ1) is 27.6. The summed E-state index contributed by atoms with van der Waals surface area (Å²) in [6.07, 6.45) is 0. The molecule has 11 nitrogen and oxygen atoms in total. The van der Waals surface area contributed by atoms with E-state index < -0.39 is 0 Å². The highest BCUT2D eigenvalue weighted by Gasteiger charge is 2.24. The van der Waals surface area contributed by atoms with Gasteiger partial charge in [0.25, 0.3) is 0 Å². The van der Waals surface area contributed by atoms with Crippen molar-refractivity contribution < 1.29 is 9.47 Å². The fourth-order valence-corrected chi connectivity index (χ4v) is 7.22. The molecule has 56 heavy (non-hydrogen) atoms. The summed E-state index contributed by atoms with van der Waals surface area (Å²) in [6, 6.07) is 48.3. The number of rotatable bonds is 8. The number of pyridine rings is 3. The molecule has 0 bridgehead atoms. The zero-order valence-corrected chi connectivity index (χ0v) is 30.7. The fourth-order valence-electron chi connectivity index (χ4n) is 7.22. The van der Waals surface area contributed by atoms with Crippen molar-refractivity contribution in [2.75, 3.05) is 14.2 Å². The van der Waals surface area contributed by atoms with E-state index >= 15 is 0 Å². The number of imidazole rings is 3. The van der Waals surface area contributed by atoms with E-state index in [4.69, 9.17) is 39.4 Å². The molecule has 0 aliphatic heterocycles. The molecular weight excluding hydrogens is 699 g/mol. The van der Waals surface area contributed by atoms with Crippen molar-refractivity contribution in [3.63, 3.8) is 0 Å². The molecule has 6 heterocycles. The predicted octanol–water partition coefficient (Wildman–Crippen LogP) is 9.21. The molecule has 0 spiro atoms. The number of fused-ring (bicyclic) bond motifs is 3. The normalized spacial score (nSPS) is 11.5. The van der Waals surface area contributed by atoms with Gasteiger partial charge in [-0.2, -0.15) is 9.97 Å². The minimum atomic E-state index is 0.495. The van der Waals surface area contributed by atoms with E-state index in [0.717, 1.165) is 67.5 Å². The molecule has 10 aromatic rings. The summed E-state index contributed by atoms with van der Waals surface area (Å²) in [5.41, 5.74) is 10.5. The topological polar surface area (TPSA) is 111 Å². The Morgan fingerprint density at radius 3 is 1.07 bits per heavy atom. The Hall–Kier alpha value is -7.66. The van der Waals surface area contributed by atoms with Gasteiger partial charge in [-0.3, -0.25) is 13.7 Å². The first kappa shape index (κ1) is 32.9. The summed E-state index contributed by atoms with van der Waals surface area (Å²) in [7, 11) is 3.24. The van der Waals surface area contributed by atoms with Gasteiger partial charge < -0.3 is 9.47 Å². The summed E-state index contributed by atoms with van der Waals surface area (Å²) in [4.78, 5) is 30.5. The summed E-state index contributed by atoms with van der Waals surface area (Å²) in [6.45, 7) is 1.99. The van der Waals surface area contributed by atoms with Crippen LogP contribution in [0.2, 0.25) is 0 Å². The van der Waals surface area contributed by atoms with Gasteiger partial charge in [0.05, 0.1) is 14.2 Å². The lowest BCUT2D eigenvalue weighted by molar-refractivity contribution is 0.399. The van der Waals surface area contributed by atoms with Crippen LogP contribution in [-0.4, -0.2) is 57.8 Å². The van der Waals surface area contributed by atoms with Gasteiger partial charge in [0.2, 0.25) is 11.8 Å². The molecule has 11 heteroatoms. The SMILES string of the molecule is COc1ccc2nc(-c3cc(-c4nc5ccc(C)nc5n4-c4ccccc4)cc(-c4nc5ccc(OC)nc5n4-c4ccccc4)c3)n(-c3ccccc3)c2n1. The number of hydrogen-bond acceptors (Lipinski definition) is 8. The third kappa shape index (κ3) is 5.52. The van der Waals surface area contributed by atoms with Gasteiger partial charge >= 0.3 is 0 Å². The maximum absolute atomic E-state index is 5.58. The molecule has 0 radical (unpaired) electrons. The molecule has 0 atom stereocenters. The largest absolute Gasteiger partial charge is 0.481 e. The van der Waals surface area contributed by atoms with Gasteiger partial charge in [-0.25, -0.2) is 19.9 Å². The number of hydrogen-bond donors (Lipinski definition) is 0. The molecule has 0 aliphatic rings. The molecule has 4 aromatic carbocycles. The molecule has 0 amide bonds. The molecule has 0 unspecified atom stereocenters. The number of aromatic nitrogens is 9. The number of para-hydroxylation sites is 3. The van der Waals surface area contributed by atoms with Gasteiger partial charge in [-0.15, -0.1) is 0 Å². The van der Waals surface area contributed by atoms with Crippen molar-refractivity contribution in [1.82, 2.24) is 43.6 Å². The highest BCUT2D eigenvalue weighted by atomic mass is 16.5. The highest BCUT2D eigenvalue weighted by molar-refractivity contribution is 5.88. The Bertz CT molecular complexity index is 2920. The minimum absolute atomic E-state index is 0.495. The van der Waals surface area contributed by atoms with Crippen molar-refractivity contribution in [1.29, 1.82) is 0 Å². The van der Waals surface area contributed by atoms with Crippen molar-refractivity contribution in [3.05, 3.63) is 151 Å². The number of methoxy groups -OCH3 is 2. The lowest BCUT2D eigenvalue weighted by Gasteiger charge is -2.15. The molecule has 0 N–H and O–H groups in total. The Morgan fingerprint density at radius 2 is 0.714 bits per heavy atom. The second-order valence-corrected chi connectivity index (χ2v) is 13.3. The lowest BCUT2D eigenvalue weighted by Crippen LogP contribution is -2.03. The number of nitrogens with zero attached hydrogens (tertiary/aromatic N) is 9. The number of ether oxygens (including phenoxy) is 2. The van der Waals surface area contributed by atoms with Crippen LogP contribution in [0.25, 0.3) is 84.7 Å². The average molecular weight is 732 g/mol. The minimum Gasteiger partial charge on any atom is -0.481 e. The van der Waals surface area contributed by atoms with Crippen LogP contribution in [0.1, 0.15) is 5.69 Å².